The summed E-state index contributed by atoms with van der Waals surface area (Å²) in [5, 5.41) is 15.1. The molecule has 2 fully saturated rings. The predicted molar refractivity (Wildman–Crippen MR) is 122 cm³/mol. The molecule has 6 atom stereocenters. The summed E-state index contributed by atoms with van der Waals surface area (Å²) in [6.07, 6.45) is 4.58. The van der Waals surface area contributed by atoms with Crippen molar-refractivity contribution in [3.8, 4) is 0 Å². The Kier molecular flexibility index (Phi) is 6.18. The Balaban J connectivity index is 1.48. The molecule has 31 heavy (non-hydrogen) atoms. The Morgan fingerprint density at radius 3 is 2.65 bits per heavy atom. The van der Waals surface area contributed by atoms with Gasteiger partial charge in [-0.25, -0.2) is 9.59 Å². The van der Waals surface area contributed by atoms with Crippen molar-refractivity contribution in [1.29, 1.82) is 0 Å². The van der Waals surface area contributed by atoms with Gasteiger partial charge in [0.1, 0.15) is 11.7 Å². The highest BCUT2D eigenvalue weighted by atomic mass is 32.2. The molecule has 1 N–H and O–H groups in total. The van der Waals surface area contributed by atoms with Crippen LogP contribution in [0.3, 0.4) is 0 Å². The number of rotatable bonds is 5. The van der Waals surface area contributed by atoms with Gasteiger partial charge in [0.15, 0.2) is 0 Å². The van der Waals surface area contributed by atoms with Crippen LogP contribution in [0, 0.1) is 11.8 Å². The molecule has 4 rings (SSSR count). The number of amides is 1. The molecule has 2 saturated carbocycles. The van der Waals surface area contributed by atoms with Crippen molar-refractivity contribution in [2.75, 3.05) is 7.05 Å². The number of carbonyl (C=O) groups is 2. The lowest BCUT2D eigenvalue weighted by Crippen LogP contribution is -2.47. The average Bonchev–Trinajstić information content (AvgIpc) is 3.50. The van der Waals surface area contributed by atoms with E-state index in [-0.39, 0.29) is 35.3 Å². The number of allylic oxidation sites excluding steroid dienone is 1. The Morgan fingerprint density at radius 2 is 2.03 bits per heavy atom. The van der Waals surface area contributed by atoms with Crippen molar-refractivity contribution in [1.82, 2.24) is 4.90 Å². The lowest BCUT2D eigenvalue weighted by Gasteiger charge is -2.34. The van der Waals surface area contributed by atoms with Crippen LogP contribution >= 0.6 is 23.1 Å². The summed E-state index contributed by atoms with van der Waals surface area (Å²) >= 11 is 2.84. The van der Waals surface area contributed by atoms with Gasteiger partial charge in [0.2, 0.25) is 5.60 Å². The molecule has 3 aliphatic rings. The fraction of sp³-hybridized carbons (Fsp3) is 0.652. The molecular formula is C23H31NO5S2. The van der Waals surface area contributed by atoms with Crippen LogP contribution in [0.2, 0.25) is 0 Å². The number of hydrogen-bond acceptors (Lipinski definition) is 7. The van der Waals surface area contributed by atoms with E-state index in [0.29, 0.717) is 17.7 Å². The van der Waals surface area contributed by atoms with Gasteiger partial charge in [-0.15, -0.1) is 23.1 Å². The van der Waals surface area contributed by atoms with Crippen molar-refractivity contribution in [2.45, 2.75) is 75.1 Å². The monoisotopic (exact) mass is 465 g/mol. The predicted octanol–water partition coefficient (Wildman–Crippen LogP) is 4.53. The molecule has 1 aromatic heterocycles. The van der Waals surface area contributed by atoms with Gasteiger partial charge < -0.3 is 19.5 Å². The number of hydrogen-bond donors (Lipinski definition) is 1. The first kappa shape index (κ1) is 22.7. The normalized spacial score (nSPS) is 31.5. The topological polar surface area (TPSA) is 76.1 Å². The third-order valence-corrected chi connectivity index (χ3v) is 8.76. The van der Waals surface area contributed by atoms with E-state index < -0.39 is 17.2 Å². The third-order valence-electron chi connectivity index (χ3n) is 6.56. The van der Waals surface area contributed by atoms with Crippen LogP contribution in [-0.4, -0.2) is 52.1 Å². The van der Waals surface area contributed by atoms with Crippen molar-refractivity contribution >= 4 is 35.2 Å². The van der Waals surface area contributed by atoms with E-state index in [4.69, 9.17) is 9.47 Å². The first-order chi connectivity index (χ1) is 14.6. The van der Waals surface area contributed by atoms with Gasteiger partial charge in [-0.05, 0) is 69.2 Å². The van der Waals surface area contributed by atoms with Crippen LogP contribution in [0.4, 0.5) is 4.79 Å². The van der Waals surface area contributed by atoms with Gasteiger partial charge in [-0.3, -0.25) is 0 Å². The van der Waals surface area contributed by atoms with E-state index in [1.807, 2.05) is 43.7 Å². The summed E-state index contributed by atoms with van der Waals surface area (Å²) in [7, 11) is 1.77. The van der Waals surface area contributed by atoms with E-state index in [1.165, 1.54) is 23.1 Å². The molecule has 1 aromatic rings. The number of esters is 1. The highest BCUT2D eigenvalue weighted by Gasteiger charge is 2.55. The molecule has 6 unspecified atom stereocenters. The van der Waals surface area contributed by atoms with Crippen molar-refractivity contribution in [3.63, 3.8) is 0 Å². The number of ether oxygens (including phenoxy) is 2. The Bertz CT molecular complexity index is 841. The van der Waals surface area contributed by atoms with Gasteiger partial charge in [-0.2, -0.15) is 0 Å². The van der Waals surface area contributed by atoms with E-state index in [1.54, 1.807) is 18.0 Å². The Morgan fingerprint density at radius 1 is 1.26 bits per heavy atom. The highest BCUT2D eigenvalue weighted by molar-refractivity contribution is 8.03. The maximum absolute atomic E-state index is 13.4. The quantitative estimate of drug-likeness (QED) is 0.644. The minimum Gasteiger partial charge on any atom is -0.460 e. The number of nitrogens with zero attached hydrogens (tertiary/aromatic N) is 1. The first-order valence-electron chi connectivity index (χ1n) is 10.8. The SMILES string of the molecule is CN(C(=O)OC(C)(C)C)C1C2CCC1C(OC(=O)C(O)(c1cccs1)C1CC=CS1)C2. The first-order valence-corrected chi connectivity index (χ1v) is 12.7. The molecular weight excluding hydrogens is 434 g/mol. The number of thiophene rings is 1. The van der Waals surface area contributed by atoms with Crippen LogP contribution < -0.4 is 0 Å². The molecule has 2 bridgehead atoms. The molecule has 6 nitrogen and oxygen atoms in total. The number of fused-ring (bicyclic) bond motifs is 2. The van der Waals surface area contributed by atoms with Crippen molar-refractivity contribution in [3.05, 3.63) is 33.9 Å². The molecule has 2 aliphatic carbocycles. The zero-order chi connectivity index (χ0) is 22.4. The third kappa shape index (κ3) is 4.26. The molecule has 0 spiro atoms. The number of thioether (sulfide) groups is 1. The molecule has 0 aromatic carbocycles. The van der Waals surface area contributed by atoms with Gasteiger partial charge in [-0.1, -0.05) is 12.1 Å². The fourth-order valence-electron chi connectivity index (χ4n) is 5.20. The summed E-state index contributed by atoms with van der Waals surface area (Å²) in [4.78, 5) is 28.3. The second-order valence-corrected chi connectivity index (χ2v) is 11.8. The van der Waals surface area contributed by atoms with Crippen LogP contribution in [0.1, 0.15) is 51.3 Å². The van der Waals surface area contributed by atoms with E-state index in [2.05, 4.69) is 0 Å². The second-order valence-electron chi connectivity index (χ2n) is 9.74. The average molecular weight is 466 g/mol. The van der Waals surface area contributed by atoms with E-state index >= 15 is 0 Å². The van der Waals surface area contributed by atoms with E-state index in [9.17, 15) is 14.7 Å². The second kappa shape index (κ2) is 8.45. The Labute approximate surface area is 192 Å². The minimum absolute atomic E-state index is 0.00926. The van der Waals surface area contributed by atoms with Crippen LogP contribution in [0.5, 0.6) is 0 Å². The van der Waals surface area contributed by atoms with Gasteiger partial charge in [0, 0.05) is 23.9 Å². The Hall–Kier alpha value is -1.51. The van der Waals surface area contributed by atoms with Crippen LogP contribution in [-0.2, 0) is 19.9 Å². The van der Waals surface area contributed by atoms with Crippen molar-refractivity contribution in [2.24, 2.45) is 11.8 Å². The smallest absolute Gasteiger partial charge is 0.410 e. The summed E-state index contributed by atoms with van der Waals surface area (Å²) in [5.41, 5.74) is -2.23. The highest BCUT2D eigenvalue weighted by Crippen LogP contribution is 2.50. The maximum atomic E-state index is 13.4. The largest absolute Gasteiger partial charge is 0.460 e. The lowest BCUT2D eigenvalue weighted by atomic mass is 9.93. The summed E-state index contributed by atoms with van der Waals surface area (Å²) in [6, 6.07) is 3.63. The summed E-state index contributed by atoms with van der Waals surface area (Å²) < 4.78 is 11.6. The van der Waals surface area contributed by atoms with Gasteiger partial charge in [0.25, 0.3) is 0 Å². The molecule has 1 aliphatic heterocycles. The zero-order valence-electron chi connectivity index (χ0n) is 18.4. The number of carbonyl (C=O) groups excluding carboxylic acids is 2. The maximum Gasteiger partial charge on any atom is 0.410 e. The van der Waals surface area contributed by atoms with Gasteiger partial charge >= 0.3 is 12.1 Å². The lowest BCUT2D eigenvalue weighted by molar-refractivity contribution is -0.174. The molecule has 2 heterocycles. The molecule has 170 valence electrons. The van der Waals surface area contributed by atoms with Crippen molar-refractivity contribution < 1.29 is 24.2 Å². The van der Waals surface area contributed by atoms with Gasteiger partial charge in [0.05, 0.1) is 5.25 Å². The molecule has 1 amide bonds. The number of aliphatic hydroxyl groups is 1. The molecule has 0 radical (unpaired) electrons. The van der Waals surface area contributed by atoms with Crippen LogP contribution in [0.15, 0.2) is 29.0 Å². The minimum atomic E-state index is -1.67. The van der Waals surface area contributed by atoms with E-state index in [0.717, 1.165) is 12.8 Å². The standard InChI is InChI=1S/C23H31NO5S2/c1-22(2,3)29-21(26)24(4)19-14-9-10-15(19)16(13-14)28-20(25)23(27,17-7-5-11-30-17)18-8-6-12-31-18/h5-7,11-12,14-16,18-19,27H,8-10,13H2,1-4H3. The summed E-state index contributed by atoms with van der Waals surface area (Å²) in [6.45, 7) is 5.57. The zero-order valence-corrected chi connectivity index (χ0v) is 20.1. The summed E-state index contributed by atoms with van der Waals surface area (Å²) in [5.74, 6) is -0.238. The molecule has 8 heteroatoms. The fourth-order valence-corrected chi connectivity index (χ4v) is 7.19. The van der Waals surface area contributed by atoms with Crippen LogP contribution in [0.25, 0.3) is 0 Å². The molecule has 0 saturated heterocycles.